The summed E-state index contributed by atoms with van der Waals surface area (Å²) in [5, 5.41) is -0.867. The van der Waals surface area contributed by atoms with Crippen molar-refractivity contribution >= 4 is 20.0 Å². The first-order chi connectivity index (χ1) is 27.9. The van der Waals surface area contributed by atoms with E-state index in [2.05, 4.69) is 13.2 Å². The molecule has 316 valence electrons. The average molecular weight is 835 g/mol. The Bertz CT molecular complexity index is 1770. The second-order valence-corrected chi connectivity index (χ2v) is 18.2. The largest absolute Gasteiger partial charge is 0.497 e. The highest BCUT2D eigenvalue weighted by Crippen LogP contribution is 2.26. The van der Waals surface area contributed by atoms with Crippen molar-refractivity contribution in [1.29, 1.82) is 0 Å². The monoisotopic (exact) mass is 834 g/mol. The maximum Gasteiger partial charge on any atom is 0.217 e. The van der Waals surface area contributed by atoms with Crippen molar-refractivity contribution in [3.05, 3.63) is 145 Å². The number of hydrogen-bond acceptors (Lipinski definition) is 8. The van der Waals surface area contributed by atoms with Gasteiger partial charge in [-0.3, -0.25) is 0 Å². The summed E-state index contributed by atoms with van der Waals surface area (Å²) in [7, 11) is -0.532. The average Bonchev–Trinajstić information content (AvgIpc) is 3.24. The second kappa shape index (κ2) is 24.3. The fraction of sp³-hybridized carbons (Fsp3) is 0.391. The Balaban J connectivity index is 0.000000310. The van der Waals surface area contributed by atoms with Crippen LogP contribution in [0.4, 0.5) is 0 Å². The van der Waals surface area contributed by atoms with Gasteiger partial charge in [-0.15, -0.1) is 13.2 Å². The topological polar surface area (TPSA) is 112 Å². The smallest absolute Gasteiger partial charge is 0.217 e. The summed E-state index contributed by atoms with van der Waals surface area (Å²) >= 11 is 0. The molecule has 0 heterocycles. The zero-order chi connectivity index (χ0) is 42.6. The van der Waals surface area contributed by atoms with Gasteiger partial charge in [-0.25, -0.2) is 16.8 Å². The predicted molar refractivity (Wildman–Crippen MR) is 235 cm³/mol. The lowest BCUT2D eigenvalue weighted by Gasteiger charge is -2.27. The van der Waals surface area contributed by atoms with Crippen LogP contribution in [0.2, 0.25) is 0 Å². The lowest BCUT2D eigenvalue weighted by Crippen LogP contribution is -2.37. The highest BCUT2D eigenvalue weighted by Gasteiger charge is 2.32. The molecule has 0 N–H and O–H groups in total. The molecule has 0 aliphatic rings. The van der Waals surface area contributed by atoms with E-state index in [1.165, 1.54) is 0 Å². The van der Waals surface area contributed by atoms with Crippen LogP contribution in [-0.4, -0.2) is 64.4 Å². The van der Waals surface area contributed by atoms with Crippen LogP contribution < -0.4 is 18.9 Å². The summed E-state index contributed by atoms with van der Waals surface area (Å²) in [6.07, 6.45) is 7.18. The Hall–Kier alpha value is -4.62. The van der Waals surface area contributed by atoms with E-state index in [1.807, 2.05) is 111 Å². The van der Waals surface area contributed by atoms with Crippen LogP contribution in [0.3, 0.4) is 0 Å². The Morgan fingerprint density at radius 2 is 0.690 bits per heavy atom. The van der Waals surface area contributed by atoms with Gasteiger partial charge in [0.2, 0.25) is 20.0 Å². The predicted octanol–water partition coefficient (Wildman–Crippen LogP) is 9.56. The Morgan fingerprint density at radius 1 is 0.466 bits per heavy atom. The van der Waals surface area contributed by atoms with E-state index in [0.717, 1.165) is 45.3 Å². The minimum absolute atomic E-state index is 0.308. The third-order valence-corrected chi connectivity index (χ3v) is 14.7. The highest BCUT2D eigenvalue weighted by molar-refractivity contribution is 7.90. The number of hydrogen-bond donors (Lipinski definition) is 0. The van der Waals surface area contributed by atoms with Crippen molar-refractivity contribution in [2.75, 3.05) is 28.4 Å². The summed E-state index contributed by atoms with van der Waals surface area (Å²) in [5.41, 5.74) is 3.67. The normalized spacial score (nSPS) is 12.6. The molecule has 0 bridgehead atoms. The highest BCUT2D eigenvalue weighted by atomic mass is 32.2. The molecular formula is C46H62N2O8S2. The molecule has 4 rings (SSSR count). The van der Waals surface area contributed by atoms with Gasteiger partial charge in [0.25, 0.3) is 0 Å². The summed E-state index contributed by atoms with van der Waals surface area (Å²) < 4.78 is 77.8. The number of ether oxygens (including phenoxy) is 4. The first-order valence-corrected chi connectivity index (χ1v) is 22.6. The fourth-order valence-corrected chi connectivity index (χ4v) is 10.2. The lowest BCUT2D eigenvalue weighted by molar-refractivity contribution is 0.387. The third kappa shape index (κ3) is 14.3. The van der Waals surface area contributed by atoms with Crippen molar-refractivity contribution in [2.24, 2.45) is 0 Å². The minimum atomic E-state index is -3.49. The number of benzene rings is 4. The molecule has 4 aromatic rings. The number of nitrogens with zero attached hydrogens (tertiary/aromatic N) is 2. The number of allylic oxidation sites excluding steroid dienone is 2. The molecule has 0 radical (unpaired) electrons. The molecule has 4 aromatic carbocycles. The first-order valence-electron chi connectivity index (χ1n) is 19.6. The Labute approximate surface area is 348 Å². The van der Waals surface area contributed by atoms with E-state index in [1.54, 1.807) is 49.2 Å². The quantitative estimate of drug-likeness (QED) is 0.0642. The lowest BCUT2D eigenvalue weighted by atomic mass is 10.2. The van der Waals surface area contributed by atoms with Gasteiger partial charge in [-0.1, -0.05) is 74.5 Å². The van der Waals surface area contributed by atoms with Crippen molar-refractivity contribution in [3.8, 4) is 23.0 Å². The van der Waals surface area contributed by atoms with Gasteiger partial charge in [0.15, 0.2) is 0 Å². The molecule has 0 aromatic heterocycles. The number of sulfonamides is 2. The molecule has 0 spiro atoms. The van der Waals surface area contributed by atoms with Crippen LogP contribution in [0.1, 0.15) is 74.6 Å². The molecule has 0 aliphatic carbocycles. The minimum Gasteiger partial charge on any atom is -0.497 e. The standard InChI is InChI=1S/2C23H31NO4S/c2*1-5-7-8-23(6-2)29(25,26)24(17-19-9-13-21(27-3)14-10-19)18-20-11-15-22(28-4)16-12-20/h2*5,9-16,23H,1,6-8,17-18H2,2-4H3/t2*23-/m10/s1. The van der Waals surface area contributed by atoms with E-state index in [4.69, 9.17) is 18.9 Å². The molecule has 0 saturated carbocycles. The van der Waals surface area contributed by atoms with Crippen LogP contribution in [-0.2, 0) is 46.2 Å². The van der Waals surface area contributed by atoms with Gasteiger partial charge in [0.1, 0.15) is 23.0 Å². The van der Waals surface area contributed by atoms with E-state index >= 15 is 0 Å². The van der Waals surface area contributed by atoms with Gasteiger partial charge in [-0.2, -0.15) is 8.61 Å². The molecular weight excluding hydrogens is 773 g/mol. The molecule has 0 saturated heterocycles. The van der Waals surface area contributed by atoms with Crippen molar-refractivity contribution < 1.29 is 35.8 Å². The number of methoxy groups -OCH3 is 4. The molecule has 12 heteroatoms. The molecule has 0 amide bonds. The summed E-state index contributed by atoms with van der Waals surface area (Å²) in [6, 6.07) is 30.0. The zero-order valence-corrected chi connectivity index (χ0v) is 36.6. The van der Waals surface area contributed by atoms with Gasteiger partial charge < -0.3 is 18.9 Å². The van der Waals surface area contributed by atoms with Gasteiger partial charge in [-0.05, 0) is 109 Å². The van der Waals surface area contributed by atoms with Crippen LogP contribution in [0.5, 0.6) is 23.0 Å². The van der Waals surface area contributed by atoms with Crippen LogP contribution in [0.15, 0.2) is 122 Å². The zero-order valence-electron chi connectivity index (χ0n) is 35.0. The van der Waals surface area contributed by atoms with E-state index in [9.17, 15) is 16.8 Å². The second-order valence-electron chi connectivity index (χ2n) is 13.8. The van der Waals surface area contributed by atoms with Crippen LogP contribution in [0, 0.1) is 0 Å². The molecule has 0 unspecified atom stereocenters. The third-order valence-electron chi connectivity index (χ3n) is 9.93. The van der Waals surface area contributed by atoms with Crippen molar-refractivity contribution in [2.45, 2.75) is 89.1 Å². The SMILES string of the molecule is C=CCC[C@@H](CC)S(=O)(=O)N(Cc1ccc(OC)cc1)Cc1ccc(OC)cc1.C=CCC[C@H](CC)S(=O)(=O)N(Cc1ccc(OC)cc1)Cc1ccc(OC)cc1. The summed E-state index contributed by atoms with van der Waals surface area (Å²) in [6.45, 7) is 12.5. The Kier molecular flexibility index (Phi) is 20.0. The van der Waals surface area contributed by atoms with Crippen molar-refractivity contribution in [1.82, 2.24) is 8.61 Å². The molecule has 0 aliphatic heterocycles. The molecule has 10 nitrogen and oxygen atoms in total. The van der Waals surface area contributed by atoms with E-state index in [0.29, 0.717) is 64.7 Å². The van der Waals surface area contributed by atoms with Crippen molar-refractivity contribution in [3.63, 3.8) is 0 Å². The number of rotatable bonds is 24. The van der Waals surface area contributed by atoms with Gasteiger partial charge in [0.05, 0.1) is 38.9 Å². The maximum absolute atomic E-state index is 13.5. The maximum atomic E-state index is 13.5. The molecule has 58 heavy (non-hydrogen) atoms. The summed E-state index contributed by atoms with van der Waals surface area (Å²) in [4.78, 5) is 0. The Morgan fingerprint density at radius 3 is 0.862 bits per heavy atom. The first kappa shape index (κ1) is 47.8. The van der Waals surface area contributed by atoms with Crippen LogP contribution in [0.25, 0.3) is 0 Å². The molecule has 0 fully saturated rings. The van der Waals surface area contributed by atoms with Crippen LogP contribution >= 0.6 is 0 Å². The van der Waals surface area contributed by atoms with E-state index < -0.39 is 30.5 Å². The summed E-state index contributed by atoms with van der Waals surface area (Å²) in [5.74, 6) is 2.98. The van der Waals surface area contributed by atoms with Gasteiger partial charge >= 0.3 is 0 Å². The van der Waals surface area contributed by atoms with E-state index in [-0.39, 0.29) is 0 Å². The molecule has 2 atom stereocenters. The fourth-order valence-electron chi connectivity index (χ4n) is 6.37. The van der Waals surface area contributed by atoms with Gasteiger partial charge in [0, 0.05) is 26.2 Å².